The van der Waals surface area contributed by atoms with Gasteiger partial charge in [-0.3, -0.25) is 14.9 Å². The molecule has 0 aromatic heterocycles. The number of ether oxygens (including phenoxy) is 1. The first-order chi connectivity index (χ1) is 17.8. The van der Waals surface area contributed by atoms with Crippen LogP contribution in [-0.4, -0.2) is 47.8 Å². The lowest BCUT2D eigenvalue weighted by molar-refractivity contribution is -0.180. The topological polar surface area (TPSA) is 117 Å². The highest BCUT2D eigenvalue weighted by Gasteiger charge is 2.48. The number of carbonyl (C=O) groups is 2. The largest absolute Gasteiger partial charge is 0.357 e. The van der Waals surface area contributed by atoms with Gasteiger partial charge < -0.3 is 9.64 Å². The van der Waals surface area contributed by atoms with Gasteiger partial charge in [0.25, 0.3) is 5.91 Å². The van der Waals surface area contributed by atoms with Crippen molar-refractivity contribution in [3.05, 3.63) is 69.7 Å². The molecule has 1 N–H and O–H groups in total. The van der Waals surface area contributed by atoms with E-state index in [0.29, 0.717) is 27.6 Å². The number of benzene rings is 2. The molecule has 0 spiro atoms. The molecule has 0 saturated carbocycles. The lowest BCUT2D eigenvalue weighted by atomic mass is 9.89. The molecule has 1 saturated heterocycles. The predicted molar refractivity (Wildman–Crippen MR) is 146 cm³/mol. The van der Waals surface area contributed by atoms with Crippen molar-refractivity contribution in [2.75, 3.05) is 5.75 Å². The average Bonchev–Trinajstić information content (AvgIpc) is 2.83. The van der Waals surface area contributed by atoms with Gasteiger partial charge in [0.15, 0.2) is 16.0 Å². The first-order valence-electron chi connectivity index (χ1n) is 12.2. The van der Waals surface area contributed by atoms with Gasteiger partial charge in [0, 0.05) is 16.1 Å². The van der Waals surface area contributed by atoms with E-state index >= 15 is 0 Å². The van der Waals surface area contributed by atoms with Crippen LogP contribution in [0.2, 0.25) is 10.0 Å². The molecule has 1 aliphatic rings. The first-order valence-corrected chi connectivity index (χ1v) is 14.6. The van der Waals surface area contributed by atoms with E-state index in [9.17, 15) is 18.0 Å². The Morgan fingerprint density at radius 1 is 1.13 bits per heavy atom. The maximum absolute atomic E-state index is 14.0. The van der Waals surface area contributed by atoms with E-state index in [1.807, 2.05) is 12.2 Å². The number of sulfone groups is 1. The van der Waals surface area contributed by atoms with E-state index in [-0.39, 0.29) is 5.75 Å². The lowest BCUT2D eigenvalue weighted by Crippen LogP contribution is -2.57. The summed E-state index contributed by atoms with van der Waals surface area (Å²) in [4.78, 5) is 27.9. The number of hydrogen-bond acceptors (Lipinski definition) is 6. The number of morpholine rings is 1. The lowest BCUT2D eigenvalue weighted by Gasteiger charge is -2.48. The highest BCUT2D eigenvalue weighted by atomic mass is 35.5. The number of nitriles is 1. The van der Waals surface area contributed by atoms with Gasteiger partial charge in [-0.15, -0.1) is 0 Å². The fourth-order valence-electron chi connectivity index (χ4n) is 4.42. The molecule has 0 unspecified atom stereocenters. The Morgan fingerprint density at radius 3 is 2.34 bits per heavy atom. The second-order valence-electron chi connectivity index (χ2n) is 10.2. The quantitative estimate of drug-likeness (QED) is 0.348. The molecule has 4 atom stereocenters. The van der Waals surface area contributed by atoms with Crippen molar-refractivity contribution in [2.24, 2.45) is 0 Å². The third-order valence-electron chi connectivity index (χ3n) is 6.59. The summed E-state index contributed by atoms with van der Waals surface area (Å²) < 4.78 is 31.8. The first kappa shape index (κ1) is 29.9. The molecule has 0 bridgehead atoms. The number of rotatable bonds is 8. The molecule has 11 heteroatoms. The minimum atomic E-state index is -3.63. The number of nitrogens with one attached hydrogen (secondary N) is 1. The number of nitrogens with zero attached hydrogens (tertiary/aromatic N) is 2. The summed E-state index contributed by atoms with van der Waals surface area (Å²) >= 11 is 12.4. The van der Waals surface area contributed by atoms with Crippen LogP contribution in [0.1, 0.15) is 63.8 Å². The average molecular weight is 581 g/mol. The van der Waals surface area contributed by atoms with Crippen molar-refractivity contribution < 1.29 is 22.7 Å². The second-order valence-corrected chi connectivity index (χ2v) is 13.8. The van der Waals surface area contributed by atoms with Gasteiger partial charge in [-0.1, -0.05) is 54.4 Å². The Hall–Kier alpha value is -2.64. The molecular weight excluding hydrogens is 549 g/mol. The maximum Gasteiger partial charge on any atom is 0.253 e. The second kappa shape index (κ2) is 12.0. The van der Waals surface area contributed by atoms with Crippen molar-refractivity contribution in [1.82, 2.24) is 10.2 Å². The van der Waals surface area contributed by atoms with Crippen LogP contribution >= 0.6 is 23.2 Å². The number of amides is 2. The van der Waals surface area contributed by atoms with Crippen LogP contribution < -0.4 is 5.32 Å². The molecule has 1 fully saturated rings. The molecule has 38 heavy (non-hydrogen) atoms. The molecule has 2 aromatic carbocycles. The minimum Gasteiger partial charge on any atom is -0.357 e. The molecule has 0 aliphatic carbocycles. The van der Waals surface area contributed by atoms with Crippen molar-refractivity contribution >= 4 is 44.9 Å². The Bertz CT molecular complexity index is 1320. The monoisotopic (exact) mass is 579 g/mol. The van der Waals surface area contributed by atoms with Crippen LogP contribution in [-0.2, 0) is 24.2 Å². The maximum atomic E-state index is 14.0. The summed E-state index contributed by atoms with van der Waals surface area (Å²) in [6.45, 7) is 6.68. The van der Waals surface area contributed by atoms with Crippen LogP contribution in [0, 0.1) is 11.5 Å². The normalized spacial score (nSPS) is 21.0. The molecule has 2 amide bonds. The van der Waals surface area contributed by atoms with E-state index in [1.54, 1.807) is 75.5 Å². The van der Waals surface area contributed by atoms with E-state index in [2.05, 4.69) is 0 Å². The zero-order valence-corrected chi connectivity index (χ0v) is 24.0. The van der Waals surface area contributed by atoms with Crippen LogP contribution in [0.4, 0.5) is 0 Å². The van der Waals surface area contributed by atoms with Crippen LogP contribution in [0.3, 0.4) is 0 Å². The van der Waals surface area contributed by atoms with Crippen molar-refractivity contribution in [1.29, 1.82) is 5.26 Å². The number of halogens is 2. The summed E-state index contributed by atoms with van der Waals surface area (Å²) in [5, 5.41) is 11.9. The van der Waals surface area contributed by atoms with Gasteiger partial charge in [0.2, 0.25) is 5.91 Å². The van der Waals surface area contributed by atoms with Gasteiger partial charge in [-0.2, -0.15) is 5.26 Å². The molecule has 1 aliphatic heterocycles. The summed E-state index contributed by atoms with van der Waals surface area (Å²) in [5.41, 5.74) is 1.33. The fourth-order valence-corrected chi connectivity index (χ4v) is 6.15. The molecule has 204 valence electrons. The van der Waals surface area contributed by atoms with E-state index in [0.717, 1.165) is 0 Å². The predicted octanol–water partition coefficient (Wildman–Crippen LogP) is 4.98. The highest BCUT2D eigenvalue weighted by Crippen LogP contribution is 2.45. The summed E-state index contributed by atoms with van der Waals surface area (Å²) in [7, 11) is -3.63. The van der Waals surface area contributed by atoms with Crippen molar-refractivity contribution in [2.45, 2.75) is 69.6 Å². The minimum absolute atomic E-state index is 0.276. The zero-order chi connectivity index (χ0) is 28.3. The molecule has 1 heterocycles. The van der Waals surface area contributed by atoms with Gasteiger partial charge >= 0.3 is 0 Å². The summed E-state index contributed by atoms with van der Waals surface area (Å²) in [5.74, 6) is -1.49. The third kappa shape index (κ3) is 6.67. The van der Waals surface area contributed by atoms with Crippen LogP contribution in [0.5, 0.6) is 0 Å². The van der Waals surface area contributed by atoms with Gasteiger partial charge in [0.1, 0.15) is 12.2 Å². The van der Waals surface area contributed by atoms with Crippen LogP contribution in [0.25, 0.3) is 0 Å². The zero-order valence-electron chi connectivity index (χ0n) is 21.6. The van der Waals surface area contributed by atoms with Crippen molar-refractivity contribution in [3.63, 3.8) is 0 Å². The van der Waals surface area contributed by atoms with Gasteiger partial charge in [0.05, 0.1) is 23.0 Å². The van der Waals surface area contributed by atoms with E-state index < -0.39 is 57.1 Å². The Labute approximate surface area is 233 Å². The number of carbonyl (C=O) groups excluding carboxylic acids is 2. The number of hydrogen-bond donors (Lipinski definition) is 1. The van der Waals surface area contributed by atoms with Crippen LogP contribution in [0.15, 0.2) is 48.5 Å². The third-order valence-corrected chi connectivity index (χ3v) is 9.77. The molecular formula is C27H31Cl2N3O5S. The Balaban J connectivity index is 2.21. The summed E-state index contributed by atoms with van der Waals surface area (Å²) in [6.07, 6.45) is -0.544. The van der Waals surface area contributed by atoms with Gasteiger partial charge in [-0.05, 0) is 62.6 Å². The van der Waals surface area contributed by atoms with Crippen molar-refractivity contribution in [3.8, 4) is 6.19 Å². The standard InChI is InChI=1S/C27H31Cl2N3O5S/c1-5-21(15-38(35,36)27(2,3)4)32-24(17-9-11-19(28)12-10-17)25(18-7-6-8-20(29)13-18)37-22(26(32)34)14-23(33)31-16-30/h6-13,21-22,24-25H,5,14-15H2,1-4H3,(H,31,33)/t21-,22-,24+,25+/m0/s1. The Kier molecular flexibility index (Phi) is 9.48. The Morgan fingerprint density at radius 2 is 1.79 bits per heavy atom. The molecule has 0 radical (unpaired) electrons. The highest BCUT2D eigenvalue weighted by molar-refractivity contribution is 7.92. The molecule has 3 rings (SSSR count). The SMILES string of the molecule is CC[C@@H](CS(=O)(=O)C(C)(C)C)N1C(=O)[C@H](CC(=O)NC#N)O[C@H](c2cccc(Cl)c2)[C@H]1c1ccc(Cl)cc1. The smallest absolute Gasteiger partial charge is 0.253 e. The molecule has 8 nitrogen and oxygen atoms in total. The summed E-state index contributed by atoms with van der Waals surface area (Å²) in [6, 6.07) is 12.4. The van der Waals surface area contributed by atoms with Gasteiger partial charge in [-0.25, -0.2) is 8.42 Å². The molecule has 2 aromatic rings. The van der Waals surface area contributed by atoms with E-state index in [4.69, 9.17) is 33.2 Å². The fraction of sp³-hybridized carbons (Fsp3) is 0.444. The van der Waals surface area contributed by atoms with E-state index in [1.165, 1.54) is 4.90 Å².